The van der Waals surface area contributed by atoms with E-state index in [1.165, 1.54) is 0 Å². The summed E-state index contributed by atoms with van der Waals surface area (Å²) in [7, 11) is 0. The van der Waals surface area contributed by atoms with Crippen molar-refractivity contribution in [3.8, 4) is 0 Å². The molecule has 0 atom stereocenters. The van der Waals surface area contributed by atoms with E-state index < -0.39 is 0 Å². The Morgan fingerprint density at radius 2 is 1.00 bits per heavy atom. The maximum atomic E-state index is 0. The molecule has 1 radical (unpaired) electrons. The van der Waals surface area contributed by atoms with Crippen LogP contribution in [0.2, 0.25) is 0 Å². The van der Waals surface area contributed by atoms with Crippen molar-refractivity contribution in [3.63, 3.8) is 0 Å². The van der Waals surface area contributed by atoms with Gasteiger partial charge in [0.05, 0.1) is 0 Å². The molecule has 0 aliphatic rings. The van der Waals surface area contributed by atoms with Crippen molar-refractivity contribution >= 4 is 0 Å². The molecule has 0 aromatic heterocycles. The molecule has 0 aromatic rings. The van der Waals surface area contributed by atoms with Gasteiger partial charge in [0, 0.05) is 65.2 Å². The van der Waals surface area contributed by atoms with Gasteiger partial charge in [0.15, 0.2) is 0 Å². The molecule has 4 heavy (non-hydrogen) atoms. The summed E-state index contributed by atoms with van der Waals surface area (Å²) < 4.78 is 0. The normalized spacial score (nSPS) is 0. The van der Waals surface area contributed by atoms with Gasteiger partial charge in [0.25, 0.3) is 0 Å². The van der Waals surface area contributed by atoms with Gasteiger partial charge in [-0.05, 0) is 0 Å². The summed E-state index contributed by atoms with van der Waals surface area (Å²) in [6.45, 7) is 0. The van der Waals surface area contributed by atoms with Crippen molar-refractivity contribution in [2.24, 2.45) is 0 Å². The molecule has 0 unspecified atom stereocenters. The molecule has 0 aliphatic carbocycles. The van der Waals surface area contributed by atoms with Crippen LogP contribution in [0.15, 0.2) is 0 Å². The van der Waals surface area contributed by atoms with E-state index in [1.807, 2.05) is 0 Å². The van der Waals surface area contributed by atoms with Gasteiger partial charge in [-0.3, -0.25) is 0 Å². The summed E-state index contributed by atoms with van der Waals surface area (Å²) in [6.07, 6.45) is 0. The molecule has 0 fully saturated rings. The Bertz CT molecular complexity index is 8.00. The van der Waals surface area contributed by atoms with Gasteiger partial charge in [-0.1, -0.05) is 7.43 Å². The average molecular weight is 253 g/mol. The summed E-state index contributed by atoms with van der Waals surface area (Å²) in [4.78, 5) is 0. The minimum absolute atomic E-state index is 0. The van der Waals surface area contributed by atoms with Gasteiger partial charge in [-0.2, -0.15) is 0 Å². The number of rotatable bonds is 0. The SMILES string of the molecule is C.[Mo].[Nb].[Ti]. The van der Waals surface area contributed by atoms with Crippen molar-refractivity contribution in [2.75, 3.05) is 0 Å². The standard InChI is InChI=1S/CH4.Mo.Nb.Ti/h1H4;;;. The Balaban J connectivity index is 0. The van der Waals surface area contributed by atoms with Gasteiger partial charge in [0.2, 0.25) is 0 Å². The molecular weight excluding hydrogens is 249 g/mol. The first-order valence-electron chi connectivity index (χ1n) is 0. The predicted octanol–water partition coefficient (Wildman–Crippen LogP) is 0.629. The van der Waals surface area contributed by atoms with Crippen molar-refractivity contribution in [1.82, 2.24) is 0 Å². The zero-order chi connectivity index (χ0) is 0. The molecular formula is CH4MoNbTi. The van der Waals surface area contributed by atoms with Gasteiger partial charge in [-0.15, -0.1) is 0 Å². The van der Waals surface area contributed by atoms with E-state index in [4.69, 9.17) is 0 Å². The molecule has 0 aliphatic heterocycles. The number of hydrogen-bond donors (Lipinski definition) is 0. The van der Waals surface area contributed by atoms with Gasteiger partial charge in [-0.25, -0.2) is 0 Å². The Kier molecular flexibility index (Phi) is 170. The molecule has 0 nitrogen and oxygen atoms in total. The average Bonchev–Trinajstić information content (AvgIpc) is 0. The third kappa shape index (κ3) is 8.91. The van der Waals surface area contributed by atoms with Crippen LogP contribution in [0.1, 0.15) is 7.43 Å². The molecule has 0 saturated carbocycles. The molecule has 0 heterocycles. The first-order chi connectivity index (χ1) is 0. The second kappa shape index (κ2) is 19.2. The summed E-state index contributed by atoms with van der Waals surface area (Å²) in [5.74, 6) is 0. The molecule has 0 amide bonds. The fraction of sp³-hybridized carbons (Fsp3) is 1.00. The van der Waals surface area contributed by atoms with Gasteiger partial charge < -0.3 is 0 Å². The van der Waals surface area contributed by atoms with Crippen molar-refractivity contribution in [1.29, 1.82) is 0 Å². The van der Waals surface area contributed by atoms with E-state index in [9.17, 15) is 0 Å². The third-order valence-corrected chi connectivity index (χ3v) is 0. The molecule has 0 bridgehead atoms. The van der Waals surface area contributed by atoms with Crippen molar-refractivity contribution in [3.05, 3.63) is 0 Å². The second-order valence-electron chi connectivity index (χ2n) is 0. The van der Waals surface area contributed by atoms with Crippen LogP contribution in [0.25, 0.3) is 0 Å². The first-order valence-corrected chi connectivity index (χ1v) is 0. The summed E-state index contributed by atoms with van der Waals surface area (Å²) in [6, 6.07) is 0. The molecule has 3 heteroatoms. The predicted molar refractivity (Wildman–Crippen MR) is 6.73 cm³/mol. The maximum Gasteiger partial charge on any atom is 0 e. The van der Waals surface area contributed by atoms with Crippen molar-refractivity contribution in [2.45, 2.75) is 7.43 Å². The van der Waals surface area contributed by atoms with E-state index in [0.717, 1.165) is 0 Å². The zero-order valence-electron chi connectivity index (χ0n) is 1.36. The van der Waals surface area contributed by atoms with Crippen LogP contribution in [0.3, 0.4) is 0 Å². The van der Waals surface area contributed by atoms with Crippen LogP contribution < -0.4 is 0 Å². The Morgan fingerprint density at radius 3 is 1.00 bits per heavy atom. The fourth-order valence-corrected chi connectivity index (χ4v) is 0. The Morgan fingerprint density at radius 1 is 1.00 bits per heavy atom. The Labute approximate surface area is 71.8 Å². The molecule has 0 rings (SSSR count). The minimum atomic E-state index is 0. The van der Waals surface area contributed by atoms with Crippen LogP contribution in [0.4, 0.5) is 0 Å². The number of hydrogen-bond acceptors (Lipinski definition) is 0. The summed E-state index contributed by atoms with van der Waals surface area (Å²) in [5, 5.41) is 0. The van der Waals surface area contributed by atoms with Gasteiger partial charge in [0.1, 0.15) is 0 Å². The topological polar surface area (TPSA) is 0 Å². The monoisotopic (exact) mass is 255 g/mol. The van der Waals surface area contributed by atoms with Crippen molar-refractivity contribution < 1.29 is 65.2 Å². The maximum absolute atomic E-state index is 0. The molecule has 0 spiro atoms. The quantitative estimate of drug-likeness (QED) is 0.555. The fourth-order valence-electron chi connectivity index (χ4n) is 0. The molecule has 0 saturated heterocycles. The van der Waals surface area contributed by atoms with E-state index in [0.29, 0.717) is 0 Å². The molecule has 23 valence electrons. The van der Waals surface area contributed by atoms with Crippen LogP contribution in [0, 0.1) is 0 Å². The third-order valence-electron chi connectivity index (χ3n) is 0. The summed E-state index contributed by atoms with van der Waals surface area (Å²) >= 11 is 0. The largest absolute Gasteiger partial charge is 0.0776 e. The smallest absolute Gasteiger partial charge is 0 e. The van der Waals surface area contributed by atoms with Gasteiger partial charge >= 0.3 is 0 Å². The first kappa shape index (κ1) is 35.4. The molecule has 0 aromatic carbocycles. The van der Waals surface area contributed by atoms with E-state index >= 15 is 0 Å². The minimum Gasteiger partial charge on any atom is -0.0776 e. The Hall–Kier alpha value is 2.14. The second-order valence-corrected chi connectivity index (χ2v) is 0. The molecule has 0 N–H and O–H groups in total. The zero-order valence-corrected chi connectivity index (χ0v) is 7.12. The van der Waals surface area contributed by atoms with Crippen LogP contribution in [-0.2, 0) is 65.2 Å². The van der Waals surface area contributed by atoms with E-state index in [1.54, 1.807) is 0 Å². The van der Waals surface area contributed by atoms with Crippen LogP contribution in [0.5, 0.6) is 0 Å². The van der Waals surface area contributed by atoms with Crippen LogP contribution >= 0.6 is 0 Å². The van der Waals surface area contributed by atoms with E-state index in [-0.39, 0.29) is 72.6 Å². The van der Waals surface area contributed by atoms with E-state index in [2.05, 4.69) is 0 Å². The summed E-state index contributed by atoms with van der Waals surface area (Å²) in [5.41, 5.74) is 0. The van der Waals surface area contributed by atoms with Crippen LogP contribution in [-0.4, -0.2) is 0 Å².